The van der Waals surface area contributed by atoms with Crippen molar-refractivity contribution in [2.24, 2.45) is 0 Å². The highest BCUT2D eigenvalue weighted by Gasteiger charge is 2.36. The highest BCUT2D eigenvalue weighted by molar-refractivity contribution is 5.93. The van der Waals surface area contributed by atoms with Gasteiger partial charge in [-0.1, -0.05) is 13.8 Å². The summed E-state index contributed by atoms with van der Waals surface area (Å²) in [4.78, 5) is 23.2. The molecule has 6 nitrogen and oxygen atoms in total. The highest BCUT2D eigenvalue weighted by atomic mass is 16.5. The number of morpholine rings is 1. The van der Waals surface area contributed by atoms with Crippen molar-refractivity contribution in [1.82, 2.24) is 20.2 Å². The van der Waals surface area contributed by atoms with Crippen LogP contribution in [0.4, 0.5) is 0 Å². The molecular weight excluding hydrogens is 280 g/mol. The van der Waals surface area contributed by atoms with Crippen molar-refractivity contribution >= 4 is 5.91 Å². The molecule has 0 aromatic carbocycles. The highest BCUT2D eigenvalue weighted by Crippen LogP contribution is 2.23. The summed E-state index contributed by atoms with van der Waals surface area (Å²) in [6.45, 7) is 8.77. The number of rotatable bonds is 3. The number of hydrogen-bond donors (Lipinski definition) is 1. The van der Waals surface area contributed by atoms with Gasteiger partial charge in [0.15, 0.2) is 0 Å². The summed E-state index contributed by atoms with van der Waals surface area (Å²) in [5.74, 6) is 0.944. The summed E-state index contributed by atoms with van der Waals surface area (Å²) in [7, 11) is 0. The third kappa shape index (κ3) is 3.28. The number of aromatic nitrogens is 2. The Hall–Kier alpha value is -1.53. The fourth-order valence-corrected chi connectivity index (χ4v) is 3.17. The Morgan fingerprint density at radius 1 is 1.36 bits per heavy atom. The monoisotopic (exact) mass is 304 g/mol. The molecule has 2 saturated heterocycles. The predicted octanol–water partition coefficient (Wildman–Crippen LogP) is 1.19. The van der Waals surface area contributed by atoms with Gasteiger partial charge in [0.2, 0.25) is 0 Å². The molecule has 2 aliphatic rings. The standard InChI is InChI=1S/C16H24N4O2/c1-10(2)15-17-5-12(6-18-15)16(21)19-13-4-14-9-22-11(3)7-20(14)8-13/h5-6,10-11,13-14H,4,7-9H2,1-3H3,(H,19,21)/t11-,13-,14+/m1/s1. The molecule has 3 atom stereocenters. The smallest absolute Gasteiger partial charge is 0.254 e. The quantitative estimate of drug-likeness (QED) is 0.908. The van der Waals surface area contributed by atoms with E-state index >= 15 is 0 Å². The maximum atomic E-state index is 12.3. The van der Waals surface area contributed by atoms with Gasteiger partial charge < -0.3 is 10.1 Å². The lowest BCUT2D eigenvalue weighted by molar-refractivity contribution is -0.0390. The number of ether oxygens (including phenoxy) is 1. The second-order valence-corrected chi connectivity index (χ2v) is 6.64. The molecule has 120 valence electrons. The first kappa shape index (κ1) is 15.4. The van der Waals surface area contributed by atoms with Crippen LogP contribution in [0.1, 0.15) is 49.3 Å². The van der Waals surface area contributed by atoms with E-state index in [1.54, 1.807) is 12.4 Å². The molecule has 6 heteroatoms. The van der Waals surface area contributed by atoms with Crippen molar-refractivity contribution < 1.29 is 9.53 Å². The van der Waals surface area contributed by atoms with Crippen molar-refractivity contribution in [2.75, 3.05) is 19.7 Å². The zero-order valence-corrected chi connectivity index (χ0v) is 13.5. The van der Waals surface area contributed by atoms with Crippen LogP contribution in [0.3, 0.4) is 0 Å². The van der Waals surface area contributed by atoms with Gasteiger partial charge in [-0.25, -0.2) is 9.97 Å². The second-order valence-electron chi connectivity index (χ2n) is 6.64. The zero-order chi connectivity index (χ0) is 15.7. The molecule has 1 amide bonds. The van der Waals surface area contributed by atoms with Gasteiger partial charge in [-0.2, -0.15) is 0 Å². The first-order valence-electron chi connectivity index (χ1n) is 8.01. The van der Waals surface area contributed by atoms with Gasteiger partial charge in [0.1, 0.15) is 5.82 Å². The average Bonchev–Trinajstić information content (AvgIpc) is 2.88. The zero-order valence-electron chi connectivity index (χ0n) is 13.5. The van der Waals surface area contributed by atoms with E-state index in [9.17, 15) is 4.79 Å². The van der Waals surface area contributed by atoms with Crippen molar-refractivity contribution in [2.45, 2.75) is 51.3 Å². The van der Waals surface area contributed by atoms with Crippen LogP contribution in [-0.2, 0) is 4.74 Å². The maximum absolute atomic E-state index is 12.3. The van der Waals surface area contributed by atoms with Gasteiger partial charge in [0.05, 0.1) is 18.3 Å². The van der Waals surface area contributed by atoms with Crippen molar-refractivity contribution in [3.8, 4) is 0 Å². The molecule has 2 fully saturated rings. The number of nitrogens with one attached hydrogen (secondary N) is 1. The van der Waals surface area contributed by atoms with E-state index < -0.39 is 0 Å². The molecule has 0 spiro atoms. The van der Waals surface area contributed by atoms with Crippen LogP contribution in [0.15, 0.2) is 12.4 Å². The molecule has 0 bridgehead atoms. The molecule has 2 aliphatic heterocycles. The van der Waals surface area contributed by atoms with Crippen LogP contribution in [-0.4, -0.2) is 58.7 Å². The summed E-state index contributed by atoms with van der Waals surface area (Å²) >= 11 is 0. The van der Waals surface area contributed by atoms with Gasteiger partial charge in [-0.05, 0) is 13.3 Å². The van der Waals surface area contributed by atoms with Gasteiger partial charge in [0.25, 0.3) is 5.91 Å². The Morgan fingerprint density at radius 3 is 2.77 bits per heavy atom. The number of nitrogens with zero attached hydrogens (tertiary/aromatic N) is 3. The third-order valence-corrected chi connectivity index (χ3v) is 4.38. The molecule has 1 N–H and O–H groups in total. The minimum absolute atomic E-state index is 0.0888. The van der Waals surface area contributed by atoms with Crippen LogP contribution in [0, 0.1) is 0 Å². The molecule has 3 heterocycles. The number of carbonyl (C=O) groups is 1. The maximum Gasteiger partial charge on any atom is 0.254 e. The lowest BCUT2D eigenvalue weighted by Gasteiger charge is -2.33. The number of carbonyl (C=O) groups excluding carboxylic acids is 1. The minimum atomic E-state index is -0.0888. The van der Waals surface area contributed by atoms with E-state index in [2.05, 4.69) is 27.1 Å². The lowest BCUT2D eigenvalue weighted by Crippen LogP contribution is -2.45. The summed E-state index contributed by atoms with van der Waals surface area (Å²) in [5, 5.41) is 3.10. The van der Waals surface area contributed by atoms with Crippen LogP contribution in [0.5, 0.6) is 0 Å². The van der Waals surface area contributed by atoms with E-state index in [-0.39, 0.29) is 24.0 Å². The number of amides is 1. The van der Waals surface area contributed by atoms with Crippen molar-refractivity contribution in [1.29, 1.82) is 0 Å². The van der Waals surface area contributed by atoms with Crippen molar-refractivity contribution in [3.05, 3.63) is 23.8 Å². The largest absolute Gasteiger partial charge is 0.376 e. The molecule has 22 heavy (non-hydrogen) atoms. The third-order valence-electron chi connectivity index (χ3n) is 4.38. The summed E-state index contributed by atoms with van der Waals surface area (Å²) in [5.41, 5.74) is 0.527. The summed E-state index contributed by atoms with van der Waals surface area (Å²) < 4.78 is 5.69. The summed E-state index contributed by atoms with van der Waals surface area (Å²) in [6.07, 6.45) is 4.46. The first-order valence-corrected chi connectivity index (χ1v) is 8.01. The second kappa shape index (κ2) is 6.30. The Bertz CT molecular complexity index is 531. The Balaban J connectivity index is 1.58. The molecular formula is C16H24N4O2. The molecule has 0 unspecified atom stereocenters. The van der Waals surface area contributed by atoms with E-state index in [1.807, 2.05) is 13.8 Å². The Morgan fingerprint density at radius 2 is 2.09 bits per heavy atom. The van der Waals surface area contributed by atoms with Crippen LogP contribution >= 0.6 is 0 Å². The SMILES string of the molecule is CC(C)c1ncc(C(=O)N[C@@H]2C[C@H]3CO[C@H](C)CN3C2)cn1. The van der Waals surface area contributed by atoms with Crippen LogP contribution in [0.2, 0.25) is 0 Å². The molecule has 1 aromatic rings. The first-order chi connectivity index (χ1) is 10.5. The molecule has 1 aromatic heterocycles. The molecule has 0 saturated carbocycles. The predicted molar refractivity (Wildman–Crippen MR) is 82.8 cm³/mol. The fraction of sp³-hybridized carbons (Fsp3) is 0.688. The van der Waals surface area contributed by atoms with Crippen LogP contribution < -0.4 is 5.32 Å². The van der Waals surface area contributed by atoms with Gasteiger partial charge in [-0.3, -0.25) is 9.69 Å². The molecule has 0 aliphatic carbocycles. The minimum Gasteiger partial charge on any atom is -0.376 e. The van der Waals surface area contributed by atoms with Gasteiger partial charge in [0, 0.05) is 43.5 Å². The topological polar surface area (TPSA) is 67.3 Å². The van der Waals surface area contributed by atoms with E-state index in [1.165, 1.54) is 0 Å². The molecule has 3 rings (SSSR count). The van der Waals surface area contributed by atoms with Gasteiger partial charge in [-0.15, -0.1) is 0 Å². The normalized spacial score (nSPS) is 28.6. The van der Waals surface area contributed by atoms with Crippen molar-refractivity contribution in [3.63, 3.8) is 0 Å². The van der Waals surface area contributed by atoms with Gasteiger partial charge >= 0.3 is 0 Å². The van der Waals surface area contributed by atoms with E-state index in [0.29, 0.717) is 11.6 Å². The average molecular weight is 304 g/mol. The Labute approximate surface area is 131 Å². The van der Waals surface area contributed by atoms with E-state index in [0.717, 1.165) is 31.9 Å². The Kier molecular flexibility index (Phi) is 4.40. The summed E-state index contributed by atoms with van der Waals surface area (Å²) in [6, 6.07) is 0.609. The number of hydrogen-bond acceptors (Lipinski definition) is 5. The lowest BCUT2D eigenvalue weighted by atomic mass is 10.1. The number of fused-ring (bicyclic) bond motifs is 1. The van der Waals surface area contributed by atoms with Crippen LogP contribution in [0.25, 0.3) is 0 Å². The molecule has 0 radical (unpaired) electrons. The van der Waals surface area contributed by atoms with E-state index in [4.69, 9.17) is 4.74 Å². The fourth-order valence-electron chi connectivity index (χ4n) is 3.17.